The fraction of sp³-hybridized carbons (Fsp3) is 0.667. The Morgan fingerprint density at radius 3 is 1.50 bits per heavy atom. The molecule has 2 N–H and O–H groups in total. The van der Waals surface area contributed by atoms with Crippen molar-refractivity contribution in [3.05, 3.63) is 24.3 Å². The number of aliphatic hydroxyl groups is 2. The molecule has 0 aromatic carbocycles. The molecular formula is C12H16O2. The minimum Gasteiger partial charge on any atom is -0.389 e. The second-order valence-electron chi connectivity index (χ2n) is 4.81. The molecule has 0 radical (unpaired) electrons. The number of fused-ring (bicyclic) bond motifs is 1. The summed E-state index contributed by atoms with van der Waals surface area (Å²) in [6.07, 6.45) is 9.68. The lowest BCUT2D eigenvalue weighted by atomic mass is 9.57. The molecule has 0 aromatic heterocycles. The Kier molecular flexibility index (Phi) is 1.83. The lowest BCUT2D eigenvalue weighted by Crippen LogP contribution is -2.49. The fourth-order valence-corrected chi connectivity index (χ4v) is 3.52. The second-order valence-corrected chi connectivity index (χ2v) is 4.81. The fourth-order valence-electron chi connectivity index (χ4n) is 3.52. The average Bonchev–Trinajstić information content (AvgIpc) is 2.25. The Balaban J connectivity index is 2.00. The standard InChI is InChI=1S/C12H16O2/c13-9-5-6-10(14)12-8-2-1-7(3-4-8)11(9)12/h1-2,5-14H,3-4H2. The number of aliphatic hydroxyl groups excluding tert-OH is 2. The molecule has 0 aliphatic heterocycles. The molecular weight excluding hydrogens is 176 g/mol. The molecule has 1 saturated carbocycles. The highest BCUT2D eigenvalue weighted by atomic mass is 16.3. The molecule has 0 heterocycles. The zero-order valence-corrected chi connectivity index (χ0v) is 8.08. The van der Waals surface area contributed by atoms with E-state index in [1.165, 1.54) is 12.8 Å². The Labute approximate surface area is 83.9 Å². The van der Waals surface area contributed by atoms with Crippen LogP contribution in [0.4, 0.5) is 0 Å². The largest absolute Gasteiger partial charge is 0.389 e. The zero-order valence-electron chi connectivity index (χ0n) is 8.08. The summed E-state index contributed by atoms with van der Waals surface area (Å²) in [7, 11) is 0. The quantitative estimate of drug-likeness (QED) is 0.564. The van der Waals surface area contributed by atoms with E-state index in [0.29, 0.717) is 11.8 Å². The van der Waals surface area contributed by atoms with Crippen LogP contribution in [0.2, 0.25) is 0 Å². The molecule has 14 heavy (non-hydrogen) atoms. The highest BCUT2D eigenvalue weighted by Crippen LogP contribution is 2.49. The summed E-state index contributed by atoms with van der Waals surface area (Å²) < 4.78 is 0. The van der Waals surface area contributed by atoms with Gasteiger partial charge in [-0.3, -0.25) is 0 Å². The van der Waals surface area contributed by atoms with Gasteiger partial charge in [0, 0.05) is 11.8 Å². The molecule has 2 bridgehead atoms. The van der Waals surface area contributed by atoms with Gasteiger partial charge in [-0.2, -0.15) is 0 Å². The average molecular weight is 192 g/mol. The van der Waals surface area contributed by atoms with Crippen molar-refractivity contribution >= 4 is 0 Å². The molecule has 6 atom stereocenters. The summed E-state index contributed by atoms with van der Waals surface area (Å²) in [4.78, 5) is 0. The van der Waals surface area contributed by atoms with Crippen LogP contribution in [0.1, 0.15) is 12.8 Å². The van der Waals surface area contributed by atoms with Gasteiger partial charge < -0.3 is 10.2 Å². The monoisotopic (exact) mass is 192 g/mol. The van der Waals surface area contributed by atoms with Crippen molar-refractivity contribution in [3.8, 4) is 0 Å². The van der Waals surface area contributed by atoms with Crippen molar-refractivity contribution in [2.75, 3.05) is 0 Å². The predicted molar refractivity (Wildman–Crippen MR) is 53.5 cm³/mol. The number of hydrogen-bond donors (Lipinski definition) is 2. The molecule has 4 rings (SSSR count). The Morgan fingerprint density at radius 1 is 0.714 bits per heavy atom. The molecule has 1 fully saturated rings. The molecule has 4 aliphatic carbocycles. The Hall–Kier alpha value is -0.600. The Morgan fingerprint density at radius 2 is 1.14 bits per heavy atom. The molecule has 0 saturated heterocycles. The summed E-state index contributed by atoms with van der Waals surface area (Å²) in [5.41, 5.74) is 0. The van der Waals surface area contributed by atoms with E-state index in [1.54, 1.807) is 12.2 Å². The third-order valence-corrected chi connectivity index (χ3v) is 4.17. The van der Waals surface area contributed by atoms with Crippen molar-refractivity contribution in [2.24, 2.45) is 23.7 Å². The van der Waals surface area contributed by atoms with Crippen molar-refractivity contribution in [1.29, 1.82) is 0 Å². The van der Waals surface area contributed by atoms with Crippen LogP contribution >= 0.6 is 0 Å². The molecule has 76 valence electrons. The molecule has 0 spiro atoms. The van der Waals surface area contributed by atoms with Crippen LogP contribution < -0.4 is 0 Å². The van der Waals surface area contributed by atoms with Gasteiger partial charge in [-0.05, 0) is 24.7 Å². The maximum absolute atomic E-state index is 9.91. The van der Waals surface area contributed by atoms with Gasteiger partial charge in [-0.25, -0.2) is 0 Å². The smallest absolute Gasteiger partial charge is 0.0759 e. The SMILES string of the molecule is OC1C=CC(O)C2C3C=CC(CC3)C12. The molecule has 2 heteroatoms. The zero-order chi connectivity index (χ0) is 9.71. The highest BCUT2D eigenvalue weighted by molar-refractivity contribution is 5.19. The van der Waals surface area contributed by atoms with E-state index in [-0.39, 0.29) is 24.0 Å². The van der Waals surface area contributed by atoms with Crippen LogP contribution in [0.5, 0.6) is 0 Å². The van der Waals surface area contributed by atoms with Crippen LogP contribution in [0.15, 0.2) is 24.3 Å². The lowest BCUT2D eigenvalue weighted by Gasteiger charge is -2.49. The van der Waals surface area contributed by atoms with Crippen molar-refractivity contribution in [1.82, 2.24) is 0 Å². The van der Waals surface area contributed by atoms with E-state index in [2.05, 4.69) is 12.2 Å². The summed E-state index contributed by atoms with van der Waals surface area (Å²) in [5.74, 6) is 1.50. The minimum absolute atomic E-state index is 0.263. The lowest BCUT2D eigenvalue weighted by molar-refractivity contribution is -0.0382. The maximum Gasteiger partial charge on any atom is 0.0759 e. The Bertz CT molecular complexity index is 265. The first-order valence-electron chi connectivity index (χ1n) is 5.50. The molecule has 6 unspecified atom stereocenters. The molecule has 2 nitrogen and oxygen atoms in total. The van der Waals surface area contributed by atoms with Crippen LogP contribution in [-0.4, -0.2) is 22.4 Å². The van der Waals surface area contributed by atoms with E-state index in [1.807, 2.05) is 0 Å². The summed E-state index contributed by atoms with van der Waals surface area (Å²) in [6, 6.07) is 0. The first-order chi connectivity index (χ1) is 6.77. The van der Waals surface area contributed by atoms with E-state index in [0.717, 1.165) is 0 Å². The van der Waals surface area contributed by atoms with Crippen molar-refractivity contribution in [2.45, 2.75) is 25.0 Å². The number of allylic oxidation sites excluding steroid dienone is 2. The van der Waals surface area contributed by atoms with Gasteiger partial charge in [-0.1, -0.05) is 24.3 Å². The highest BCUT2D eigenvalue weighted by Gasteiger charge is 2.47. The predicted octanol–water partition coefficient (Wildman–Crippen LogP) is 1.11. The van der Waals surface area contributed by atoms with Crippen LogP contribution in [0.3, 0.4) is 0 Å². The third-order valence-electron chi connectivity index (χ3n) is 4.17. The topological polar surface area (TPSA) is 40.5 Å². The summed E-state index contributed by atoms with van der Waals surface area (Å²) in [6.45, 7) is 0. The van der Waals surface area contributed by atoms with Crippen LogP contribution in [0.25, 0.3) is 0 Å². The van der Waals surface area contributed by atoms with Gasteiger partial charge in [0.2, 0.25) is 0 Å². The minimum atomic E-state index is -0.346. The third kappa shape index (κ3) is 1.04. The van der Waals surface area contributed by atoms with Gasteiger partial charge in [0.15, 0.2) is 0 Å². The summed E-state index contributed by atoms with van der Waals surface area (Å²) >= 11 is 0. The van der Waals surface area contributed by atoms with Gasteiger partial charge in [0.25, 0.3) is 0 Å². The second kappa shape index (κ2) is 2.94. The van der Waals surface area contributed by atoms with E-state index < -0.39 is 0 Å². The first kappa shape index (κ1) is 8.69. The number of rotatable bonds is 0. The molecule has 0 amide bonds. The van der Waals surface area contributed by atoms with Crippen molar-refractivity contribution < 1.29 is 10.2 Å². The van der Waals surface area contributed by atoms with Gasteiger partial charge >= 0.3 is 0 Å². The molecule has 4 aliphatic rings. The van der Waals surface area contributed by atoms with Crippen LogP contribution in [-0.2, 0) is 0 Å². The van der Waals surface area contributed by atoms with E-state index in [4.69, 9.17) is 0 Å². The maximum atomic E-state index is 9.91. The van der Waals surface area contributed by atoms with Gasteiger partial charge in [0.05, 0.1) is 12.2 Å². The van der Waals surface area contributed by atoms with Crippen molar-refractivity contribution in [3.63, 3.8) is 0 Å². The van der Waals surface area contributed by atoms with E-state index in [9.17, 15) is 10.2 Å². The molecule has 0 aromatic rings. The first-order valence-corrected chi connectivity index (χ1v) is 5.50. The normalized spacial score (nSPS) is 54.7. The van der Waals surface area contributed by atoms with Gasteiger partial charge in [-0.15, -0.1) is 0 Å². The van der Waals surface area contributed by atoms with Gasteiger partial charge in [0.1, 0.15) is 0 Å². The summed E-state index contributed by atoms with van der Waals surface area (Å²) in [5, 5.41) is 19.8. The van der Waals surface area contributed by atoms with Crippen LogP contribution in [0, 0.1) is 23.7 Å². The van der Waals surface area contributed by atoms with E-state index >= 15 is 0 Å². The number of hydrogen-bond acceptors (Lipinski definition) is 2.